The third-order valence-electron chi connectivity index (χ3n) is 3.44. The minimum Gasteiger partial charge on any atom is -0.353 e. The third kappa shape index (κ3) is 3.37. The number of alkyl halides is 3. The molecular formula is C14H13F3N2O2S. The highest BCUT2D eigenvalue weighted by Gasteiger charge is 2.34. The van der Waals surface area contributed by atoms with Crippen molar-refractivity contribution in [1.82, 2.24) is 5.32 Å². The molecule has 4 nitrogen and oxygen atoms in total. The van der Waals surface area contributed by atoms with E-state index in [-0.39, 0.29) is 24.1 Å². The first-order valence-corrected chi connectivity index (χ1v) is 7.69. The lowest BCUT2D eigenvalue weighted by Crippen LogP contribution is -2.35. The second-order valence-electron chi connectivity index (χ2n) is 5.35. The zero-order chi connectivity index (χ0) is 15.9. The number of rotatable bonds is 3. The number of nitrogens with one attached hydrogen (secondary N) is 2. The molecule has 1 heterocycles. The highest BCUT2D eigenvalue weighted by Crippen LogP contribution is 2.40. The Balaban J connectivity index is 1.72. The second-order valence-corrected chi connectivity index (χ2v) is 6.59. The summed E-state index contributed by atoms with van der Waals surface area (Å²) in [7, 11) is 0. The van der Waals surface area contributed by atoms with Crippen molar-refractivity contribution in [3.05, 3.63) is 23.8 Å². The molecule has 1 aliphatic carbocycles. The van der Waals surface area contributed by atoms with Crippen LogP contribution in [0.15, 0.2) is 23.1 Å². The summed E-state index contributed by atoms with van der Waals surface area (Å²) in [5.74, 6) is -0.645. The topological polar surface area (TPSA) is 58.2 Å². The van der Waals surface area contributed by atoms with Crippen LogP contribution in [0.3, 0.4) is 0 Å². The Morgan fingerprint density at radius 3 is 2.73 bits per heavy atom. The van der Waals surface area contributed by atoms with Crippen molar-refractivity contribution in [1.29, 1.82) is 0 Å². The third-order valence-corrected chi connectivity index (χ3v) is 4.71. The normalized spacial score (nSPS) is 21.0. The monoisotopic (exact) mass is 330 g/mol. The van der Waals surface area contributed by atoms with Gasteiger partial charge in [0.1, 0.15) is 0 Å². The molecule has 1 saturated carbocycles. The van der Waals surface area contributed by atoms with Crippen molar-refractivity contribution in [3.63, 3.8) is 0 Å². The SMILES string of the molecule is O=C(C[C@H]1Sc2ccc(C(F)(F)F)cc2NC1=O)NC1CC1. The van der Waals surface area contributed by atoms with Crippen LogP contribution in [0.1, 0.15) is 24.8 Å². The van der Waals surface area contributed by atoms with Crippen molar-refractivity contribution in [2.45, 2.75) is 41.6 Å². The molecule has 1 aliphatic heterocycles. The summed E-state index contributed by atoms with van der Waals surface area (Å²) in [6.45, 7) is 0. The van der Waals surface area contributed by atoms with Crippen LogP contribution in [0, 0.1) is 0 Å². The van der Waals surface area contributed by atoms with Crippen molar-refractivity contribution in [2.24, 2.45) is 0 Å². The van der Waals surface area contributed by atoms with Gasteiger partial charge in [0.25, 0.3) is 0 Å². The summed E-state index contributed by atoms with van der Waals surface area (Å²) < 4.78 is 38.0. The number of anilines is 1. The van der Waals surface area contributed by atoms with Crippen LogP contribution >= 0.6 is 11.8 Å². The largest absolute Gasteiger partial charge is 0.416 e. The molecule has 1 fully saturated rings. The Bertz CT molecular complexity index is 629. The zero-order valence-electron chi connectivity index (χ0n) is 11.4. The van der Waals surface area contributed by atoms with Gasteiger partial charge in [0, 0.05) is 17.4 Å². The Morgan fingerprint density at radius 2 is 2.09 bits per heavy atom. The van der Waals surface area contributed by atoms with Crippen LogP contribution in [0.25, 0.3) is 0 Å². The molecule has 0 bridgehead atoms. The van der Waals surface area contributed by atoms with Crippen LogP contribution in [-0.4, -0.2) is 23.1 Å². The van der Waals surface area contributed by atoms with Gasteiger partial charge >= 0.3 is 6.18 Å². The molecule has 1 aromatic carbocycles. The molecule has 1 aromatic rings. The fourth-order valence-electron chi connectivity index (χ4n) is 2.14. The van der Waals surface area contributed by atoms with E-state index >= 15 is 0 Å². The van der Waals surface area contributed by atoms with Crippen molar-refractivity contribution in [2.75, 3.05) is 5.32 Å². The molecule has 3 rings (SSSR count). The summed E-state index contributed by atoms with van der Waals surface area (Å²) >= 11 is 1.12. The molecule has 0 saturated heterocycles. The fourth-order valence-corrected chi connectivity index (χ4v) is 3.23. The second kappa shape index (κ2) is 5.49. The molecule has 1 atom stereocenters. The minimum atomic E-state index is -4.45. The lowest BCUT2D eigenvalue weighted by atomic mass is 10.1. The Labute approximate surface area is 128 Å². The molecule has 2 amide bonds. The van der Waals surface area contributed by atoms with E-state index in [0.717, 1.165) is 36.7 Å². The van der Waals surface area contributed by atoms with E-state index in [0.29, 0.717) is 4.90 Å². The molecule has 0 radical (unpaired) electrons. The van der Waals surface area contributed by atoms with Crippen LogP contribution in [0.2, 0.25) is 0 Å². The van der Waals surface area contributed by atoms with Gasteiger partial charge in [-0.3, -0.25) is 9.59 Å². The predicted octanol–water partition coefficient (Wildman–Crippen LogP) is 2.79. The fraction of sp³-hybridized carbons (Fsp3) is 0.429. The van der Waals surface area contributed by atoms with Crippen LogP contribution in [0.5, 0.6) is 0 Å². The van der Waals surface area contributed by atoms with Gasteiger partial charge in [-0.05, 0) is 31.0 Å². The number of fused-ring (bicyclic) bond motifs is 1. The van der Waals surface area contributed by atoms with Gasteiger partial charge in [-0.25, -0.2) is 0 Å². The summed E-state index contributed by atoms with van der Waals surface area (Å²) in [6.07, 6.45) is -2.52. The lowest BCUT2D eigenvalue weighted by Gasteiger charge is -2.24. The van der Waals surface area contributed by atoms with Gasteiger partial charge in [-0.15, -0.1) is 11.8 Å². The molecule has 118 valence electrons. The first-order valence-electron chi connectivity index (χ1n) is 6.81. The van der Waals surface area contributed by atoms with Gasteiger partial charge in [0.2, 0.25) is 11.8 Å². The van der Waals surface area contributed by atoms with Gasteiger partial charge in [0.15, 0.2) is 0 Å². The standard InChI is InChI=1S/C14H13F3N2O2S/c15-14(16,17)7-1-4-10-9(5-7)19-13(21)11(22-10)6-12(20)18-8-2-3-8/h1,4-5,8,11H,2-3,6H2,(H,18,20)(H,19,21)/t11-/m1/s1. The lowest BCUT2D eigenvalue weighted by molar-refractivity contribution is -0.137. The maximum atomic E-state index is 12.7. The van der Waals surface area contributed by atoms with Gasteiger partial charge in [-0.2, -0.15) is 13.2 Å². The van der Waals surface area contributed by atoms with Crippen LogP contribution < -0.4 is 10.6 Å². The molecular weight excluding hydrogens is 317 g/mol. The summed E-state index contributed by atoms with van der Waals surface area (Å²) in [4.78, 5) is 24.3. The average molecular weight is 330 g/mol. The van der Waals surface area contributed by atoms with E-state index in [9.17, 15) is 22.8 Å². The van der Waals surface area contributed by atoms with Gasteiger partial charge < -0.3 is 10.6 Å². The van der Waals surface area contributed by atoms with Gasteiger partial charge in [-0.1, -0.05) is 0 Å². The molecule has 22 heavy (non-hydrogen) atoms. The number of hydrogen-bond donors (Lipinski definition) is 2. The number of benzene rings is 1. The van der Waals surface area contributed by atoms with E-state index in [1.165, 1.54) is 6.07 Å². The molecule has 0 unspecified atom stereocenters. The number of halogens is 3. The van der Waals surface area contributed by atoms with E-state index in [1.807, 2.05) is 0 Å². The van der Waals surface area contributed by atoms with Crippen molar-refractivity contribution in [3.8, 4) is 0 Å². The summed E-state index contributed by atoms with van der Waals surface area (Å²) in [5, 5.41) is 4.63. The first-order chi connectivity index (χ1) is 10.3. The summed E-state index contributed by atoms with van der Waals surface area (Å²) in [6, 6.07) is 3.44. The number of carbonyl (C=O) groups is 2. The van der Waals surface area contributed by atoms with Crippen molar-refractivity contribution < 1.29 is 22.8 Å². The highest BCUT2D eigenvalue weighted by molar-refractivity contribution is 8.01. The molecule has 0 aromatic heterocycles. The van der Waals surface area contributed by atoms with Crippen LogP contribution in [-0.2, 0) is 15.8 Å². The van der Waals surface area contributed by atoms with Crippen molar-refractivity contribution >= 4 is 29.3 Å². The Hall–Kier alpha value is -1.70. The van der Waals surface area contributed by atoms with Gasteiger partial charge in [0.05, 0.1) is 16.5 Å². The average Bonchev–Trinajstić information content (AvgIpc) is 3.21. The maximum absolute atomic E-state index is 12.7. The number of carbonyl (C=O) groups excluding carboxylic acids is 2. The molecule has 2 N–H and O–H groups in total. The quantitative estimate of drug-likeness (QED) is 0.896. The summed E-state index contributed by atoms with van der Waals surface area (Å²) in [5.41, 5.74) is -0.666. The molecule has 8 heteroatoms. The molecule has 0 spiro atoms. The van der Waals surface area contributed by atoms with E-state index in [4.69, 9.17) is 0 Å². The predicted molar refractivity (Wildman–Crippen MR) is 75.5 cm³/mol. The molecule has 2 aliphatic rings. The highest BCUT2D eigenvalue weighted by atomic mass is 32.2. The van der Waals surface area contributed by atoms with E-state index in [2.05, 4.69) is 10.6 Å². The van der Waals surface area contributed by atoms with E-state index in [1.54, 1.807) is 0 Å². The minimum absolute atomic E-state index is 0.0213. The number of thioether (sulfide) groups is 1. The smallest absolute Gasteiger partial charge is 0.353 e. The Morgan fingerprint density at radius 1 is 1.36 bits per heavy atom. The number of hydrogen-bond acceptors (Lipinski definition) is 3. The number of amides is 2. The van der Waals surface area contributed by atoms with E-state index < -0.39 is 22.9 Å². The first kappa shape index (κ1) is 15.2. The van der Waals surface area contributed by atoms with Crippen LogP contribution in [0.4, 0.5) is 18.9 Å². The zero-order valence-corrected chi connectivity index (χ0v) is 12.2. The maximum Gasteiger partial charge on any atom is 0.416 e. The Kier molecular flexibility index (Phi) is 3.80.